The van der Waals surface area contributed by atoms with E-state index in [1.54, 1.807) is 12.1 Å². The first-order valence-electron chi connectivity index (χ1n) is 11.3. The predicted molar refractivity (Wildman–Crippen MR) is 133 cm³/mol. The highest BCUT2D eigenvalue weighted by molar-refractivity contribution is 7.15. The summed E-state index contributed by atoms with van der Waals surface area (Å²) in [5.74, 6) is 4.85. The zero-order valence-corrected chi connectivity index (χ0v) is 21.4. The molecule has 10 heteroatoms. The number of anilines is 1. The highest BCUT2D eigenvalue weighted by Crippen LogP contribution is 2.26. The van der Waals surface area contributed by atoms with Crippen LogP contribution in [0.5, 0.6) is 5.75 Å². The number of halogens is 1. The third-order valence-corrected chi connectivity index (χ3v) is 5.83. The summed E-state index contributed by atoms with van der Waals surface area (Å²) in [7, 11) is 6.51. The summed E-state index contributed by atoms with van der Waals surface area (Å²) < 4.78 is 29.4. The van der Waals surface area contributed by atoms with Gasteiger partial charge in [0, 0.05) is 23.4 Å². The molecular formula is C25H32FN3O5S. The normalized spacial score (nSPS) is 10.5. The number of esters is 2. The van der Waals surface area contributed by atoms with Gasteiger partial charge in [-0.3, -0.25) is 9.69 Å². The third-order valence-electron chi connectivity index (χ3n) is 4.75. The van der Waals surface area contributed by atoms with E-state index >= 15 is 0 Å². The van der Waals surface area contributed by atoms with E-state index in [2.05, 4.69) is 26.9 Å². The van der Waals surface area contributed by atoms with E-state index in [4.69, 9.17) is 9.47 Å². The van der Waals surface area contributed by atoms with Gasteiger partial charge in [-0.05, 0) is 58.0 Å². The Morgan fingerprint density at radius 3 is 2.66 bits per heavy atom. The number of hydrogen-bond acceptors (Lipinski definition) is 9. The summed E-state index contributed by atoms with van der Waals surface area (Å²) >= 11 is 1.37. The molecule has 0 amide bonds. The maximum atomic E-state index is 14.3. The molecule has 2 aromatic rings. The van der Waals surface area contributed by atoms with Crippen molar-refractivity contribution in [1.29, 1.82) is 0 Å². The lowest BCUT2D eigenvalue weighted by atomic mass is 10.2. The maximum absolute atomic E-state index is 14.3. The summed E-state index contributed by atoms with van der Waals surface area (Å²) in [4.78, 5) is 30.3. The van der Waals surface area contributed by atoms with Crippen LogP contribution in [-0.2, 0) is 20.7 Å². The fourth-order valence-corrected chi connectivity index (χ4v) is 3.97. The van der Waals surface area contributed by atoms with E-state index in [9.17, 15) is 14.0 Å². The maximum Gasteiger partial charge on any atom is 0.357 e. The molecule has 1 N–H and O–H groups in total. The highest BCUT2D eigenvalue weighted by atomic mass is 32.1. The Morgan fingerprint density at radius 1 is 1.17 bits per heavy atom. The SMILES string of the molecule is COC(=O)CCCCNc1nc(C(=O)OC)c(CCCOc2ccc(C#CCN(C)C)cc2F)s1. The number of aromatic nitrogens is 1. The first kappa shape index (κ1) is 28.1. The van der Waals surface area contributed by atoms with Gasteiger partial charge in [-0.1, -0.05) is 11.8 Å². The Kier molecular flexibility index (Phi) is 12.0. The molecule has 35 heavy (non-hydrogen) atoms. The molecule has 0 atom stereocenters. The van der Waals surface area contributed by atoms with Crippen LogP contribution in [-0.4, -0.2) is 69.8 Å². The highest BCUT2D eigenvalue weighted by Gasteiger charge is 2.18. The number of ether oxygens (including phenoxy) is 3. The van der Waals surface area contributed by atoms with Gasteiger partial charge in [-0.25, -0.2) is 14.2 Å². The van der Waals surface area contributed by atoms with Gasteiger partial charge in [0.2, 0.25) is 0 Å². The number of carbonyl (C=O) groups excluding carboxylic acids is 2. The van der Waals surface area contributed by atoms with Crippen LogP contribution in [0.3, 0.4) is 0 Å². The lowest BCUT2D eigenvalue weighted by Crippen LogP contribution is -2.10. The zero-order chi connectivity index (χ0) is 25.6. The third kappa shape index (κ3) is 9.92. The van der Waals surface area contributed by atoms with Gasteiger partial charge >= 0.3 is 11.9 Å². The Hall–Kier alpha value is -3.16. The monoisotopic (exact) mass is 505 g/mol. The molecule has 0 fully saturated rings. The van der Waals surface area contributed by atoms with Crippen LogP contribution in [0.4, 0.5) is 9.52 Å². The molecule has 0 spiro atoms. The van der Waals surface area contributed by atoms with Crippen molar-refractivity contribution in [1.82, 2.24) is 9.88 Å². The summed E-state index contributed by atoms with van der Waals surface area (Å²) in [5.41, 5.74) is 0.857. The van der Waals surface area contributed by atoms with Crippen molar-refractivity contribution >= 4 is 28.4 Å². The van der Waals surface area contributed by atoms with Crippen molar-refractivity contribution in [3.8, 4) is 17.6 Å². The second-order valence-corrected chi connectivity index (χ2v) is 8.96. The fraction of sp³-hybridized carbons (Fsp3) is 0.480. The van der Waals surface area contributed by atoms with Crippen LogP contribution in [0.25, 0.3) is 0 Å². The quantitative estimate of drug-likeness (QED) is 0.250. The lowest BCUT2D eigenvalue weighted by Gasteiger charge is -2.07. The van der Waals surface area contributed by atoms with Crippen molar-refractivity contribution in [2.75, 3.05) is 53.3 Å². The number of thiazole rings is 1. The number of aryl methyl sites for hydroxylation is 1. The first-order valence-corrected chi connectivity index (χ1v) is 12.1. The topological polar surface area (TPSA) is 90.0 Å². The predicted octanol–water partition coefficient (Wildman–Crippen LogP) is 3.75. The molecule has 0 aliphatic rings. The van der Waals surface area contributed by atoms with E-state index < -0.39 is 11.8 Å². The minimum absolute atomic E-state index is 0.162. The van der Waals surface area contributed by atoms with Crippen LogP contribution in [0.1, 0.15) is 46.6 Å². The average molecular weight is 506 g/mol. The zero-order valence-electron chi connectivity index (χ0n) is 20.6. The van der Waals surface area contributed by atoms with Crippen molar-refractivity contribution in [3.63, 3.8) is 0 Å². The number of nitrogens with one attached hydrogen (secondary N) is 1. The minimum Gasteiger partial charge on any atom is -0.491 e. The van der Waals surface area contributed by atoms with Crippen molar-refractivity contribution in [3.05, 3.63) is 40.2 Å². The molecule has 190 valence electrons. The Labute approximate surface area is 209 Å². The van der Waals surface area contributed by atoms with Gasteiger partial charge in [-0.2, -0.15) is 0 Å². The molecule has 1 heterocycles. The summed E-state index contributed by atoms with van der Waals surface area (Å²) in [5, 5.41) is 3.79. The smallest absolute Gasteiger partial charge is 0.357 e. The van der Waals surface area contributed by atoms with Gasteiger partial charge in [-0.15, -0.1) is 11.3 Å². The van der Waals surface area contributed by atoms with Crippen LogP contribution >= 0.6 is 11.3 Å². The molecule has 0 aliphatic heterocycles. The van der Waals surface area contributed by atoms with E-state index in [1.807, 2.05) is 19.0 Å². The lowest BCUT2D eigenvalue weighted by molar-refractivity contribution is -0.140. The van der Waals surface area contributed by atoms with E-state index in [0.717, 1.165) is 11.3 Å². The largest absolute Gasteiger partial charge is 0.491 e. The molecule has 1 aromatic carbocycles. The Balaban J connectivity index is 1.86. The number of methoxy groups -OCH3 is 2. The molecule has 1 aromatic heterocycles. The number of rotatable bonds is 13. The van der Waals surface area contributed by atoms with Crippen molar-refractivity contribution in [2.24, 2.45) is 0 Å². The number of hydrogen-bond donors (Lipinski definition) is 1. The van der Waals surface area contributed by atoms with Crippen LogP contribution < -0.4 is 10.1 Å². The summed E-state index contributed by atoms with van der Waals surface area (Å²) in [6.07, 6.45) is 2.91. The van der Waals surface area contributed by atoms with Gasteiger partial charge in [0.05, 0.1) is 27.4 Å². The van der Waals surface area contributed by atoms with Crippen LogP contribution in [0, 0.1) is 17.7 Å². The molecular weight excluding hydrogens is 473 g/mol. The van der Waals surface area contributed by atoms with E-state index in [1.165, 1.54) is 31.6 Å². The average Bonchev–Trinajstić information content (AvgIpc) is 3.24. The number of nitrogens with zero attached hydrogens (tertiary/aromatic N) is 2. The number of unbranched alkanes of at least 4 members (excludes halogenated alkanes) is 1. The molecule has 0 aliphatic carbocycles. The molecule has 0 saturated heterocycles. The van der Waals surface area contributed by atoms with E-state index in [0.29, 0.717) is 49.5 Å². The van der Waals surface area contributed by atoms with Crippen molar-refractivity contribution < 1.29 is 28.2 Å². The summed E-state index contributed by atoms with van der Waals surface area (Å²) in [6.45, 7) is 1.48. The fourth-order valence-electron chi connectivity index (χ4n) is 2.95. The molecule has 0 saturated carbocycles. The minimum atomic E-state index is -0.507. The molecule has 2 rings (SSSR count). The Morgan fingerprint density at radius 2 is 1.97 bits per heavy atom. The van der Waals surface area contributed by atoms with Crippen LogP contribution in [0.2, 0.25) is 0 Å². The van der Waals surface area contributed by atoms with Crippen molar-refractivity contribution in [2.45, 2.75) is 32.1 Å². The van der Waals surface area contributed by atoms with Gasteiger partial charge < -0.3 is 19.5 Å². The van der Waals surface area contributed by atoms with Crippen LogP contribution in [0.15, 0.2) is 18.2 Å². The van der Waals surface area contributed by atoms with Gasteiger partial charge in [0.1, 0.15) is 0 Å². The second-order valence-electron chi connectivity index (χ2n) is 7.88. The molecule has 0 radical (unpaired) electrons. The molecule has 0 bridgehead atoms. The number of benzene rings is 1. The standard InChI is InChI=1S/C25H32FN3O5S/c1-29(2)15-7-9-18-12-13-20(19(26)17-18)34-16-8-10-21-23(24(31)33-4)28-25(35-21)27-14-6-5-11-22(30)32-3/h12-13,17H,5-6,8,10-11,14-16H2,1-4H3,(H,27,28). The molecule has 8 nitrogen and oxygen atoms in total. The van der Waals surface area contributed by atoms with E-state index in [-0.39, 0.29) is 24.0 Å². The first-order chi connectivity index (χ1) is 16.8. The molecule has 0 unspecified atom stereocenters. The summed E-state index contributed by atoms with van der Waals surface area (Å²) in [6, 6.07) is 4.66. The number of carbonyl (C=O) groups is 2. The van der Waals surface area contributed by atoms with Gasteiger partial charge in [0.15, 0.2) is 22.4 Å². The van der Waals surface area contributed by atoms with Gasteiger partial charge in [0.25, 0.3) is 0 Å². The Bertz CT molecular complexity index is 1050. The second kappa shape index (κ2) is 15.0.